The minimum Gasteiger partial charge on any atom is -0.344 e. The molecule has 0 aliphatic rings. The minimum absolute atomic E-state index is 0.0557. The molecule has 1 heterocycles. The van der Waals surface area contributed by atoms with Gasteiger partial charge in [0.25, 0.3) is 5.91 Å². The van der Waals surface area contributed by atoms with Crippen LogP contribution in [0.4, 0.5) is 13.2 Å². The first-order chi connectivity index (χ1) is 11.2. The normalized spacial score (nSPS) is 12.9. The molecule has 1 atom stereocenters. The number of amides is 1. The second kappa shape index (κ2) is 6.90. The Morgan fingerprint density at radius 3 is 2.38 bits per heavy atom. The molecule has 7 heteroatoms. The molecule has 128 valence electrons. The molecule has 2 aromatic rings. The summed E-state index contributed by atoms with van der Waals surface area (Å²) in [6, 6.07) is 8.36. The molecule has 0 aliphatic heterocycles. The van der Waals surface area contributed by atoms with Crippen molar-refractivity contribution >= 4 is 5.91 Å². The van der Waals surface area contributed by atoms with Gasteiger partial charge in [0.2, 0.25) is 5.56 Å². The lowest BCUT2D eigenvalue weighted by atomic mass is 9.94. The van der Waals surface area contributed by atoms with Crippen molar-refractivity contribution in [2.24, 2.45) is 5.92 Å². The zero-order valence-corrected chi connectivity index (χ0v) is 13.1. The molecule has 0 fully saturated rings. The standard InChI is InChI=1S/C17H17F3N2O2/c1-10(2)15(11-5-3-6-12(9-11)17(18,19)20)22-16(24)13-7-4-8-14(23)21-13/h3-10,15H,1-2H3,(H,21,23)(H,22,24)/t15-/m0/s1. The molecule has 2 N–H and O–H groups in total. The van der Waals surface area contributed by atoms with Crippen molar-refractivity contribution in [2.75, 3.05) is 0 Å². The zero-order valence-electron chi connectivity index (χ0n) is 13.1. The van der Waals surface area contributed by atoms with E-state index in [-0.39, 0.29) is 11.6 Å². The molecule has 0 unspecified atom stereocenters. The third kappa shape index (κ3) is 4.24. The Labute approximate surface area is 136 Å². The van der Waals surface area contributed by atoms with Gasteiger partial charge in [-0.15, -0.1) is 0 Å². The molecule has 1 aromatic heterocycles. The van der Waals surface area contributed by atoms with E-state index in [1.807, 2.05) is 0 Å². The van der Waals surface area contributed by atoms with Crippen LogP contribution < -0.4 is 10.9 Å². The van der Waals surface area contributed by atoms with Crippen molar-refractivity contribution in [3.05, 3.63) is 69.6 Å². The van der Waals surface area contributed by atoms with E-state index in [1.165, 1.54) is 30.3 Å². The average Bonchev–Trinajstić information content (AvgIpc) is 2.51. The fourth-order valence-electron chi connectivity index (χ4n) is 2.34. The quantitative estimate of drug-likeness (QED) is 0.896. The van der Waals surface area contributed by atoms with E-state index in [9.17, 15) is 22.8 Å². The fourth-order valence-corrected chi connectivity index (χ4v) is 2.34. The second-order valence-corrected chi connectivity index (χ2v) is 5.75. The molecular formula is C17H17F3N2O2. The topological polar surface area (TPSA) is 62.0 Å². The van der Waals surface area contributed by atoms with E-state index >= 15 is 0 Å². The highest BCUT2D eigenvalue weighted by Gasteiger charge is 2.31. The summed E-state index contributed by atoms with van der Waals surface area (Å²) >= 11 is 0. The monoisotopic (exact) mass is 338 g/mol. The van der Waals surface area contributed by atoms with Gasteiger partial charge in [-0.25, -0.2) is 0 Å². The van der Waals surface area contributed by atoms with Gasteiger partial charge in [0.15, 0.2) is 0 Å². The van der Waals surface area contributed by atoms with E-state index in [4.69, 9.17) is 0 Å². The van der Waals surface area contributed by atoms with E-state index in [0.717, 1.165) is 12.1 Å². The second-order valence-electron chi connectivity index (χ2n) is 5.75. The molecule has 0 bridgehead atoms. The first-order valence-corrected chi connectivity index (χ1v) is 7.36. The Morgan fingerprint density at radius 2 is 1.79 bits per heavy atom. The van der Waals surface area contributed by atoms with Crippen LogP contribution in [-0.2, 0) is 6.18 Å². The van der Waals surface area contributed by atoms with Gasteiger partial charge in [0.05, 0.1) is 11.6 Å². The number of alkyl halides is 3. The van der Waals surface area contributed by atoms with Gasteiger partial charge in [-0.2, -0.15) is 13.2 Å². The van der Waals surface area contributed by atoms with Gasteiger partial charge in [0.1, 0.15) is 5.69 Å². The maximum atomic E-state index is 12.9. The van der Waals surface area contributed by atoms with Crippen LogP contribution >= 0.6 is 0 Å². The smallest absolute Gasteiger partial charge is 0.344 e. The van der Waals surface area contributed by atoms with E-state index < -0.39 is 29.2 Å². The van der Waals surface area contributed by atoms with Crippen LogP contribution in [-0.4, -0.2) is 10.9 Å². The van der Waals surface area contributed by atoms with Crippen molar-refractivity contribution in [1.82, 2.24) is 10.3 Å². The van der Waals surface area contributed by atoms with Gasteiger partial charge in [-0.1, -0.05) is 32.0 Å². The van der Waals surface area contributed by atoms with Crippen LogP contribution in [0.25, 0.3) is 0 Å². The largest absolute Gasteiger partial charge is 0.416 e. The summed E-state index contributed by atoms with van der Waals surface area (Å²) in [5, 5.41) is 2.68. The summed E-state index contributed by atoms with van der Waals surface area (Å²) in [6.07, 6.45) is -4.45. The summed E-state index contributed by atoms with van der Waals surface area (Å²) in [4.78, 5) is 25.9. The third-order valence-corrected chi connectivity index (χ3v) is 3.54. The van der Waals surface area contributed by atoms with E-state index in [1.54, 1.807) is 13.8 Å². The van der Waals surface area contributed by atoms with Crippen LogP contribution in [0.2, 0.25) is 0 Å². The number of H-pyrrole nitrogens is 1. The summed E-state index contributed by atoms with van der Waals surface area (Å²) in [5.74, 6) is -0.698. The van der Waals surface area contributed by atoms with E-state index in [0.29, 0.717) is 5.56 Å². The van der Waals surface area contributed by atoms with Crippen LogP contribution in [0.5, 0.6) is 0 Å². The highest BCUT2D eigenvalue weighted by atomic mass is 19.4. The van der Waals surface area contributed by atoms with Gasteiger partial charge in [-0.05, 0) is 29.7 Å². The SMILES string of the molecule is CC(C)[C@H](NC(=O)c1cccc(=O)[nH]1)c1cccc(C(F)(F)F)c1. The Morgan fingerprint density at radius 1 is 1.12 bits per heavy atom. The molecule has 0 aliphatic carbocycles. The zero-order chi connectivity index (χ0) is 17.9. The molecule has 0 spiro atoms. The summed E-state index contributed by atoms with van der Waals surface area (Å²) in [7, 11) is 0. The maximum Gasteiger partial charge on any atom is 0.416 e. The van der Waals surface area contributed by atoms with E-state index in [2.05, 4.69) is 10.3 Å². The lowest BCUT2D eigenvalue weighted by molar-refractivity contribution is -0.137. The fraction of sp³-hybridized carbons (Fsp3) is 0.294. The molecule has 4 nitrogen and oxygen atoms in total. The third-order valence-electron chi connectivity index (χ3n) is 3.54. The van der Waals surface area contributed by atoms with Crippen LogP contribution in [0.15, 0.2) is 47.3 Å². The number of aromatic amines is 1. The van der Waals surface area contributed by atoms with Gasteiger partial charge >= 0.3 is 6.18 Å². The van der Waals surface area contributed by atoms with Crippen molar-refractivity contribution in [3.63, 3.8) is 0 Å². The van der Waals surface area contributed by atoms with Crippen LogP contribution in [0.3, 0.4) is 0 Å². The summed E-state index contributed by atoms with van der Waals surface area (Å²) < 4.78 is 38.6. The number of halogens is 3. The van der Waals surface area contributed by atoms with Gasteiger partial charge in [0, 0.05) is 6.07 Å². The molecule has 0 saturated carbocycles. The summed E-state index contributed by atoms with van der Waals surface area (Å²) in [5.41, 5.74) is -0.789. The lowest BCUT2D eigenvalue weighted by Gasteiger charge is -2.23. The molecule has 24 heavy (non-hydrogen) atoms. The molecule has 0 radical (unpaired) electrons. The number of nitrogens with one attached hydrogen (secondary N) is 2. The number of hydrogen-bond acceptors (Lipinski definition) is 2. The Balaban J connectivity index is 2.30. The predicted octanol–water partition coefficient (Wildman–Crippen LogP) is 3.52. The van der Waals surface area contributed by atoms with Crippen molar-refractivity contribution in [1.29, 1.82) is 0 Å². The highest BCUT2D eigenvalue weighted by molar-refractivity contribution is 5.92. The first-order valence-electron chi connectivity index (χ1n) is 7.36. The Bertz CT molecular complexity index is 782. The number of rotatable bonds is 4. The van der Waals surface area contributed by atoms with Crippen molar-refractivity contribution < 1.29 is 18.0 Å². The lowest BCUT2D eigenvalue weighted by Crippen LogP contribution is -2.33. The molecule has 1 aromatic carbocycles. The number of carbonyl (C=O) groups is 1. The van der Waals surface area contributed by atoms with Crippen molar-refractivity contribution in [3.8, 4) is 0 Å². The predicted molar refractivity (Wildman–Crippen MR) is 83.6 cm³/mol. The van der Waals surface area contributed by atoms with Crippen molar-refractivity contribution in [2.45, 2.75) is 26.1 Å². The molecule has 0 saturated heterocycles. The van der Waals surface area contributed by atoms with Crippen LogP contribution in [0.1, 0.15) is 41.5 Å². The number of carbonyl (C=O) groups excluding carboxylic acids is 1. The summed E-state index contributed by atoms with van der Waals surface area (Å²) in [6.45, 7) is 3.58. The number of hydrogen-bond donors (Lipinski definition) is 2. The number of aromatic nitrogens is 1. The molecule has 1 amide bonds. The molecule has 2 rings (SSSR count). The maximum absolute atomic E-state index is 12.9. The average molecular weight is 338 g/mol. The minimum atomic E-state index is -4.45. The first kappa shape index (κ1) is 17.8. The Kier molecular flexibility index (Phi) is 5.11. The number of pyridine rings is 1. The number of benzene rings is 1. The van der Waals surface area contributed by atoms with Gasteiger partial charge in [-0.3, -0.25) is 9.59 Å². The molecular weight excluding hydrogens is 321 g/mol. The van der Waals surface area contributed by atoms with Crippen LogP contribution in [0, 0.1) is 5.92 Å². The van der Waals surface area contributed by atoms with Gasteiger partial charge < -0.3 is 10.3 Å². The highest BCUT2D eigenvalue weighted by Crippen LogP contribution is 2.32. The Hall–Kier alpha value is -2.57.